The highest BCUT2D eigenvalue weighted by Gasteiger charge is 2.51. The number of rotatable bonds is 7. The van der Waals surface area contributed by atoms with E-state index in [4.69, 9.17) is 11.6 Å². The van der Waals surface area contributed by atoms with Crippen molar-refractivity contribution in [2.75, 3.05) is 9.80 Å². The minimum atomic E-state index is -2.83. The third-order valence-corrected chi connectivity index (χ3v) is 24.7. The number of nitrogens with zero attached hydrogens (tertiary/aromatic N) is 2. The molecule has 1 aliphatic carbocycles. The summed E-state index contributed by atoms with van der Waals surface area (Å²) < 4.78 is 0. The number of halogens is 1. The normalized spacial score (nSPS) is 15.9. The van der Waals surface area contributed by atoms with E-state index in [1.165, 1.54) is 102 Å². The van der Waals surface area contributed by atoms with Gasteiger partial charge in [0.05, 0.1) is 16.4 Å². The molecule has 0 spiro atoms. The average molecular weight is 890 g/mol. The highest BCUT2D eigenvalue weighted by Crippen LogP contribution is 2.51. The van der Waals surface area contributed by atoms with Crippen molar-refractivity contribution in [2.45, 2.75) is 38.0 Å². The molecule has 12 rings (SSSR count). The Balaban J connectivity index is 1.15. The van der Waals surface area contributed by atoms with Crippen LogP contribution >= 0.6 is 11.6 Å². The standard InChI is InChI=1S/C60H49ClN2Si2/c61-60-54(62-50-34-16-20-38-56(50)64(46-26-8-2-9-27-46,47-28-10-3-11-29-47)57-39-21-17-35-51(57)62)42-45(44-24-6-1-7-25-44)43-55(60)63-52-36-18-22-40-58(52)65(48-30-12-4-13-31-48,49-32-14-5-15-33-49)59-41-23-19-37-53(59)63/h2-5,8-23,26-44H,1,6-7,24-25H2. The van der Waals surface area contributed by atoms with Crippen LogP contribution in [0.1, 0.15) is 43.6 Å². The van der Waals surface area contributed by atoms with E-state index in [2.05, 4.69) is 240 Å². The monoisotopic (exact) mass is 888 g/mol. The summed E-state index contributed by atoms with van der Waals surface area (Å²) in [5.74, 6) is 0.438. The zero-order valence-corrected chi connectivity index (χ0v) is 39.1. The molecule has 1 saturated carbocycles. The minimum Gasteiger partial charge on any atom is -0.309 e. The van der Waals surface area contributed by atoms with Gasteiger partial charge in [0.2, 0.25) is 0 Å². The molecule has 0 amide bonds. The Hall–Kier alpha value is -6.70. The van der Waals surface area contributed by atoms with Gasteiger partial charge in [0, 0.05) is 22.7 Å². The molecule has 0 N–H and O–H groups in total. The summed E-state index contributed by atoms with van der Waals surface area (Å²) in [7, 11) is -5.65. The Morgan fingerprint density at radius 3 is 0.908 bits per heavy atom. The lowest BCUT2D eigenvalue weighted by atomic mass is 9.83. The van der Waals surface area contributed by atoms with Gasteiger partial charge in [-0.2, -0.15) is 0 Å². The first-order valence-corrected chi connectivity index (χ1v) is 27.6. The number of hydrogen-bond donors (Lipinski definition) is 0. The van der Waals surface area contributed by atoms with E-state index in [0.717, 1.165) is 16.4 Å². The first-order chi connectivity index (χ1) is 32.2. The maximum atomic E-state index is 8.30. The molecule has 65 heavy (non-hydrogen) atoms. The van der Waals surface area contributed by atoms with Crippen molar-refractivity contribution in [1.82, 2.24) is 0 Å². The van der Waals surface area contributed by atoms with Crippen molar-refractivity contribution in [3.63, 3.8) is 0 Å². The number of hydrogen-bond acceptors (Lipinski definition) is 2. The van der Waals surface area contributed by atoms with Crippen LogP contribution in [-0.4, -0.2) is 16.1 Å². The summed E-state index contributed by atoms with van der Waals surface area (Å²) in [5.41, 5.74) is 8.20. The Morgan fingerprint density at radius 2 is 0.600 bits per heavy atom. The van der Waals surface area contributed by atoms with Gasteiger partial charge in [-0.25, -0.2) is 0 Å². The molecule has 3 aliphatic rings. The number of benzene rings is 9. The largest absolute Gasteiger partial charge is 0.309 e. The molecule has 0 unspecified atom stereocenters. The average Bonchev–Trinajstić information content (AvgIpc) is 3.39. The molecule has 314 valence electrons. The molecule has 0 bridgehead atoms. The molecular formula is C60H49ClN2Si2. The highest BCUT2D eigenvalue weighted by molar-refractivity contribution is 7.22. The van der Waals surface area contributed by atoms with Crippen LogP contribution in [0.15, 0.2) is 231 Å². The van der Waals surface area contributed by atoms with E-state index in [0.29, 0.717) is 5.92 Å². The van der Waals surface area contributed by atoms with Crippen molar-refractivity contribution in [3.05, 3.63) is 241 Å². The van der Waals surface area contributed by atoms with Crippen LogP contribution in [0.2, 0.25) is 5.02 Å². The van der Waals surface area contributed by atoms with Crippen molar-refractivity contribution in [2.24, 2.45) is 0 Å². The van der Waals surface area contributed by atoms with E-state index >= 15 is 0 Å². The van der Waals surface area contributed by atoms with Gasteiger partial charge >= 0.3 is 0 Å². The van der Waals surface area contributed by atoms with Crippen molar-refractivity contribution >= 4 is 103 Å². The van der Waals surface area contributed by atoms with Crippen LogP contribution < -0.4 is 51.3 Å². The van der Waals surface area contributed by atoms with Gasteiger partial charge in [-0.15, -0.1) is 0 Å². The van der Waals surface area contributed by atoms with Crippen LogP contribution in [0.25, 0.3) is 0 Å². The molecular weight excluding hydrogens is 840 g/mol. The van der Waals surface area contributed by atoms with Gasteiger partial charge < -0.3 is 9.80 Å². The Labute approximate surface area is 390 Å². The Bertz CT molecular complexity index is 2790. The van der Waals surface area contributed by atoms with Gasteiger partial charge in [0.1, 0.15) is 0 Å². The van der Waals surface area contributed by atoms with Crippen molar-refractivity contribution in [1.29, 1.82) is 0 Å². The molecule has 5 heteroatoms. The lowest BCUT2D eigenvalue weighted by Gasteiger charge is -2.46. The molecule has 2 heterocycles. The molecule has 0 radical (unpaired) electrons. The fourth-order valence-electron chi connectivity index (χ4n) is 12.0. The fraction of sp³-hybridized carbons (Fsp3) is 0.100. The molecule has 2 nitrogen and oxygen atoms in total. The van der Waals surface area contributed by atoms with E-state index in [1.807, 2.05) is 0 Å². The van der Waals surface area contributed by atoms with Crippen molar-refractivity contribution < 1.29 is 0 Å². The molecule has 9 aromatic carbocycles. The van der Waals surface area contributed by atoms with Crippen molar-refractivity contribution in [3.8, 4) is 0 Å². The molecule has 0 atom stereocenters. The molecule has 0 aromatic heterocycles. The summed E-state index contributed by atoms with van der Waals surface area (Å²) in [6.45, 7) is 0. The molecule has 1 fully saturated rings. The molecule has 9 aromatic rings. The third-order valence-electron chi connectivity index (χ3n) is 14.6. The predicted octanol–water partition coefficient (Wildman–Crippen LogP) is 10.7. The second-order valence-electron chi connectivity index (χ2n) is 17.9. The van der Waals surface area contributed by atoms with E-state index in [9.17, 15) is 0 Å². The summed E-state index contributed by atoms with van der Waals surface area (Å²) >= 11 is 8.30. The fourth-order valence-corrected chi connectivity index (χ4v) is 22.4. The van der Waals surface area contributed by atoms with Gasteiger partial charge in [-0.1, -0.05) is 225 Å². The Kier molecular flexibility index (Phi) is 10.0. The minimum absolute atomic E-state index is 0.438. The van der Waals surface area contributed by atoms with Crippen LogP contribution in [0.3, 0.4) is 0 Å². The molecule has 0 saturated heterocycles. The number of para-hydroxylation sites is 4. The Morgan fingerprint density at radius 1 is 0.323 bits per heavy atom. The van der Waals surface area contributed by atoms with Gasteiger partial charge in [-0.05, 0) is 102 Å². The van der Waals surface area contributed by atoms with Crippen LogP contribution in [0.4, 0.5) is 34.1 Å². The maximum absolute atomic E-state index is 8.30. The first kappa shape index (κ1) is 39.9. The summed E-state index contributed by atoms with van der Waals surface area (Å²) in [5, 5.41) is 11.7. The highest BCUT2D eigenvalue weighted by atomic mass is 35.5. The number of fused-ring (bicyclic) bond motifs is 4. The topological polar surface area (TPSA) is 6.48 Å². The SMILES string of the molecule is Clc1c(N2c3ccccc3[Si](c3ccccc3)(c3ccccc3)c3ccccc32)cc(C2CCCCC2)cc1N1c2ccccc2[Si](c2ccccc2)(c2ccccc2)c2ccccc21. The summed E-state index contributed by atoms with van der Waals surface area (Å²) in [4.78, 5) is 5.05. The van der Waals surface area contributed by atoms with Gasteiger partial charge in [-0.3, -0.25) is 0 Å². The zero-order valence-electron chi connectivity index (χ0n) is 36.3. The smallest absolute Gasteiger partial charge is 0.184 e. The van der Waals surface area contributed by atoms with Crippen LogP contribution in [-0.2, 0) is 0 Å². The summed E-state index contributed by atoms with van der Waals surface area (Å²) in [6.07, 6.45) is 6.13. The lowest BCUT2D eigenvalue weighted by Crippen LogP contribution is -2.77. The maximum Gasteiger partial charge on any atom is 0.184 e. The van der Waals surface area contributed by atoms with E-state index in [1.54, 1.807) is 0 Å². The third kappa shape index (κ3) is 6.11. The second kappa shape index (κ2) is 16.4. The number of anilines is 6. The van der Waals surface area contributed by atoms with E-state index in [-0.39, 0.29) is 0 Å². The molecule has 2 aliphatic heterocycles. The second-order valence-corrected chi connectivity index (χ2v) is 25.8. The van der Waals surface area contributed by atoms with E-state index < -0.39 is 16.1 Å². The van der Waals surface area contributed by atoms with Gasteiger partial charge in [0.25, 0.3) is 0 Å². The van der Waals surface area contributed by atoms with Crippen LogP contribution in [0, 0.1) is 0 Å². The lowest BCUT2D eigenvalue weighted by molar-refractivity contribution is 0.444. The summed E-state index contributed by atoms with van der Waals surface area (Å²) in [6, 6.07) is 86.8. The quantitative estimate of drug-likeness (QED) is 0.147. The zero-order chi connectivity index (χ0) is 43.4. The first-order valence-electron chi connectivity index (χ1n) is 23.2. The predicted molar refractivity (Wildman–Crippen MR) is 281 cm³/mol. The van der Waals surface area contributed by atoms with Crippen LogP contribution in [0.5, 0.6) is 0 Å². The van der Waals surface area contributed by atoms with Gasteiger partial charge in [0.15, 0.2) is 16.1 Å².